The van der Waals surface area contributed by atoms with Gasteiger partial charge in [0.15, 0.2) is 11.5 Å². The fourth-order valence-corrected chi connectivity index (χ4v) is 2.44. The summed E-state index contributed by atoms with van der Waals surface area (Å²) >= 11 is 0. The number of rotatable bonds is 2. The van der Waals surface area contributed by atoms with E-state index >= 15 is 0 Å². The molecule has 0 aliphatic carbocycles. The Kier molecular flexibility index (Phi) is 3.94. The molecule has 1 atom stereocenters. The number of hydrogen-bond acceptors (Lipinski definition) is 4. The highest BCUT2D eigenvalue weighted by Gasteiger charge is 2.24. The fourth-order valence-electron chi connectivity index (χ4n) is 2.44. The first kappa shape index (κ1) is 13.7. The van der Waals surface area contributed by atoms with Crippen molar-refractivity contribution >= 4 is 17.5 Å². The van der Waals surface area contributed by atoms with Crippen LogP contribution in [0.1, 0.15) is 19.3 Å². The van der Waals surface area contributed by atoms with Crippen molar-refractivity contribution in [1.82, 2.24) is 5.32 Å². The molecule has 2 amide bonds. The predicted octanol–water partition coefficient (Wildman–Crippen LogP) is 1.31. The number of anilines is 1. The largest absolute Gasteiger partial charge is 0.490 e. The molecule has 2 N–H and O–H groups in total. The number of ether oxygens (including phenoxy) is 2. The third-order valence-corrected chi connectivity index (χ3v) is 3.65. The van der Waals surface area contributed by atoms with E-state index in [1.54, 1.807) is 18.2 Å². The standard InChI is InChI=1S/C15H18N2O4/c18-14-5-2-10(9-16-14)15(19)17-11-3-4-12-13(8-11)21-7-1-6-20-12/h3-4,8,10H,1-2,5-7,9H2,(H,16,18)(H,17,19). The molecule has 0 spiro atoms. The Labute approximate surface area is 122 Å². The molecule has 2 aliphatic heterocycles. The van der Waals surface area contributed by atoms with Gasteiger partial charge in [-0.2, -0.15) is 0 Å². The minimum absolute atomic E-state index is 0.00892. The molecule has 1 aromatic rings. The van der Waals surface area contributed by atoms with Crippen LogP contribution in [-0.2, 0) is 9.59 Å². The van der Waals surface area contributed by atoms with Crippen molar-refractivity contribution in [2.45, 2.75) is 19.3 Å². The molecule has 2 heterocycles. The zero-order chi connectivity index (χ0) is 14.7. The molecule has 0 bridgehead atoms. The summed E-state index contributed by atoms with van der Waals surface area (Å²) in [4.78, 5) is 23.3. The van der Waals surface area contributed by atoms with Crippen LogP contribution >= 0.6 is 0 Å². The number of fused-ring (bicyclic) bond motifs is 1. The van der Waals surface area contributed by atoms with E-state index in [2.05, 4.69) is 10.6 Å². The third-order valence-electron chi connectivity index (χ3n) is 3.65. The van der Waals surface area contributed by atoms with Crippen LogP contribution in [0.25, 0.3) is 0 Å². The van der Waals surface area contributed by atoms with Crippen molar-refractivity contribution in [3.05, 3.63) is 18.2 Å². The van der Waals surface area contributed by atoms with Gasteiger partial charge in [-0.15, -0.1) is 0 Å². The summed E-state index contributed by atoms with van der Waals surface area (Å²) in [5.41, 5.74) is 0.682. The van der Waals surface area contributed by atoms with Gasteiger partial charge in [0.05, 0.1) is 19.1 Å². The van der Waals surface area contributed by atoms with E-state index in [1.807, 2.05) is 0 Å². The van der Waals surface area contributed by atoms with Gasteiger partial charge in [-0.1, -0.05) is 0 Å². The molecule has 0 saturated carbocycles. The minimum Gasteiger partial charge on any atom is -0.490 e. The van der Waals surface area contributed by atoms with Gasteiger partial charge >= 0.3 is 0 Å². The first-order valence-corrected chi connectivity index (χ1v) is 7.19. The lowest BCUT2D eigenvalue weighted by Crippen LogP contribution is -2.40. The monoisotopic (exact) mass is 290 g/mol. The average molecular weight is 290 g/mol. The number of nitrogens with one attached hydrogen (secondary N) is 2. The Morgan fingerprint density at radius 1 is 1.24 bits per heavy atom. The van der Waals surface area contributed by atoms with E-state index in [0.717, 1.165) is 6.42 Å². The van der Waals surface area contributed by atoms with Gasteiger partial charge in [-0.05, 0) is 18.6 Å². The molecule has 2 aliphatic rings. The van der Waals surface area contributed by atoms with E-state index < -0.39 is 0 Å². The predicted molar refractivity (Wildman–Crippen MR) is 76.4 cm³/mol. The quantitative estimate of drug-likeness (QED) is 0.861. The van der Waals surface area contributed by atoms with Crippen LogP contribution in [0, 0.1) is 5.92 Å². The second-order valence-electron chi connectivity index (χ2n) is 5.24. The van der Waals surface area contributed by atoms with E-state index in [9.17, 15) is 9.59 Å². The Morgan fingerprint density at radius 2 is 2.05 bits per heavy atom. The molecule has 112 valence electrons. The molecule has 1 saturated heterocycles. The van der Waals surface area contributed by atoms with Crippen LogP contribution in [0.4, 0.5) is 5.69 Å². The molecule has 1 fully saturated rings. The SMILES string of the molecule is O=C1CCC(C(=O)Nc2ccc3c(c2)OCCCO3)CN1. The van der Waals surface area contributed by atoms with Gasteiger partial charge in [0.1, 0.15) is 0 Å². The summed E-state index contributed by atoms with van der Waals surface area (Å²) < 4.78 is 11.1. The van der Waals surface area contributed by atoms with E-state index in [4.69, 9.17) is 9.47 Å². The lowest BCUT2D eigenvalue weighted by molar-refractivity contribution is -0.126. The van der Waals surface area contributed by atoms with Gasteiger partial charge in [0.25, 0.3) is 0 Å². The van der Waals surface area contributed by atoms with Crippen molar-refractivity contribution in [2.75, 3.05) is 25.1 Å². The van der Waals surface area contributed by atoms with Crippen molar-refractivity contribution in [3.8, 4) is 11.5 Å². The summed E-state index contributed by atoms with van der Waals surface area (Å²) in [5, 5.41) is 5.58. The maximum Gasteiger partial charge on any atom is 0.229 e. The van der Waals surface area contributed by atoms with Crippen LogP contribution in [0.15, 0.2) is 18.2 Å². The maximum atomic E-state index is 12.2. The van der Waals surface area contributed by atoms with Crippen molar-refractivity contribution in [2.24, 2.45) is 5.92 Å². The minimum atomic E-state index is -0.182. The molecule has 3 rings (SSSR count). The third kappa shape index (κ3) is 3.26. The number of benzene rings is 1. The van der Waals surface area contributed by atoms with Crippen LogP contribution in [-0.4, -0.2) is 31.6 Å². The Morgan fingerprint density at radius 3 is 2.81 bits per heavy atom. The van der Waals surface area contributed by atoms with E-state index in [-0.39, 0.29) is 17.7 Å². The Hall–Kier alpha value is -2.24. The van der Waals surface area contributed by atoms with Crippen LogP contribution < -0.4 is 20.1 Å². The molecule has 21 heavy (non-hydrogen) atoms. The summed E-state index contributed by atoms with van der Waals surface area (Å²) in [6.45, 7) is 1.65. The molecule has 0 aromatic heterocycles. The van der Waals surface area contributed by atoms with Gasteiger partial charge in [-0.25, -0.2) is 0 Å². The van der Waals surface area contributed by atoms with Crippen LogP contribution in [0.2, 0.25) is 0 Å². The van der Waals surface area contributed by atoms with Crippen molar-refractivity contribution < 1.29 is 19.1 Å². The molecular weight excluding hydrogens is 272 g/mol. The highest BCUT2D eigenvalue weighted by Crippen LogP contribution is 2.32. The van der Waals surface area contributed by atoms with Gasteiger partial charge in [0, 0.05) is 31.1 Å². The van der Waals surface area contributed by atoms with Crippen molar-refractivity contribution in [3.63, 3.8) is 0 Å². The smallest absolute Gasteiger partial charge is 0.229 e. The highest BCUT2D eigenvalue weighted by atomic mass is 16.5. The summed E-state index contributed by atoms with van der Waals surface area (Å²) in [7, 11) is 0. The van der Waals surface area contributed by atoms with Gasteiger partial charge < -0.3 is 20.1 Å². The number of amides is 2. The van der Waals surface area contributed by atoms with Crippen LogP contribution in [0.3, 0.4) is 0 Å². The second kappa shape index (κ2) is 6.03. The lowest BCUT2D eigenvalue weighted by Gasteiger charge is -2.21. The molecule has 1 unspecified atom stereocenters. The first-order valence-electron chi connectivity index (χ1n) is 7.19. The van der Waals surface area contributed by atoms with E-state index in [1.165, 1.54) is 0 Å². The molecule has 1 aromatic carbocycles. The molecule has 0 radical (unpaired) electrons. The summed E-state index contributed by atoms with van der Waals surface area (Å²) in [5.74, 6) is 1.11. The Balaban J connectivity index is 1.66. The number of piperidine rings is 1. The number of carbonyl (C=O) groups is 2. The normalized spacial score (nSPS) is 21.1. The van der Waals surface area contributed by atoms with Crippen LogP contribution in [0.5, 0.6) is 11.5 Å². The van der Waals surface area contributed by atoms with Crippen molar-refractivity contribution in [1.29, 1.82) is 0 Å². The zero-order valence-corrected chi connectivity index (χ0v) is 11.7. The Bertz CT molecular complexity index is 549. The zero-order valence-electron chi connectivity index (χ0n) is 11.7. The first-order chi connectivity index (χ1) is 10.2. The number of carbonyl (C=O) groups excluding carboxylic acids is 2. The number of hydrogen-bond donors (Lipinski definition) is 2. The summed E-state index contributed by atoms with van der Waals surface area (Å²) in [6, 6.07) is 5.38. The van der Waals surface area contributed by atoms with E-state index in [0.29, 0.717) is 49.8 Å². The average Bonchev–Trinajstić information content (AvgIpc) is 2.72. The van der Waals surface area contributed by atoms with Gasteiger partial charge in [-0.3, -0.25) is 9.59 Å². The molecular formula is C15H18N2O4. The molecule has 6 heteroatoms. The topological polar surface area (TPSA) is 76.7 Å². The second-order valence-corrected chi connectivity index (χ2v) is 5.24. The summed E-state index contributed by atoms with van der Waals surface area (Å²) in [6.07, 6.45) is 1.83. The fraction of sp³-hybridized carbons (Fsp3) is 0.467. The lowest BCUT2D eigenvalue weighted by atomic mass is 9.98. The molecule has 6 nitrogen and oxygen atoms in total. The highest BCUT2D eigenvalue weighted by molar-refractivity contribution is 5.94. The maximum absolute atomic E-state index is 12.2. The van der Waals surface area contributed by atoms with Gasteiger partial charge in [0.2, 0.25) is 11.8 Å².